The van der Waals surface area contributed by atoms with Crippen LogP contribution in [0.3, 0.4) is 0 Å². The minimum atomic E-state index is 0.0566. The zero-order chi connectivity index (χ0) is 16.9. The van der Waals surface area contributed by atoms with E-state index < -0.39 is 0 Å². The van der Waals surface area contributed by atoms with Crippen LogP contribution in [0.5, 0.6) is 0 Å². The molecule has 24 heavy (non-hydrogen) atoms. The summed E-state index contributed by atoms with van der Waals surface area (Å²) >= 11 is 1.87. The molecular formula is C19H25N3OS. The number of nitrogens with one attached hydrogen (secondary N) is 1. The van der Waals surface area contributed by atoms with Gasteiger partial charge < -0.3 is 10.2 Å². The summed E-state index contributed by atoms with van der Waals surface area (Å²) < 4.78 is 0. The number of hydrogen-bond acceptors (Lipinski definition) is 3. The van der Waals surface area contributed by atoms with Crippen LogP contribution in [0.1, 0.15) is 24.0 Å². The zero-order valence-corrected chi connectivity index (χ0v) is 15.2. The number of rotatable bonds is 4. The van der Waals surface area contributed by atoms with Crippen LogP contribution in [0.25, 0.3) is 10.9 Å². The fraction of sp³-hybridized carbons (Fsp3) is 0.474. The molecule has 0 spiro atoms. The summed E-state index contributed by atoms with van der Waals surface area (Å²) in [7, 11) is 0. The lowest BCUT2D eigenvalue weighted by Crippen LogP contribution is -2.45. The molecule has 2 aromatic rings. The molecule has 128 valence electrons. The van der Waals surface area contributed by atoms with E-state index in [1.165, 1.54) is 12.0 Å². The number of pyridine rings is 1. The Kier molecular flexibility index (Phi) is 5.61. The Labute approximate surface area is 148 Å². The topological polar surface area (TPSA) is 45.2 Å². The highest BCUT2D eigenvalue weighted by Gasteiger charge is 2.23. The second kappa shape index (κ2) is 7.88. The van der Waals surface area contributed by atoms with Gasteiger partial charge in [-0.15, -0.1) is 0 Å². The van der Waals surface area contributed by atoms with Gasteiger partial charge in [0.1, 0.15) is 0 Å². The Morgan fingerprint density at radius 3 is 3.12 bits per heavy atom. The number of aryl methyl sites for hydroxylation is 1. The van der Waals surface area contributed by atoms with Crippen molar-refractivity contribution in [1.29, 1.82) is 0 Å². The minimum absolute atomic E-state index is 0.0566. The Hall–Kier alpha value is -1.75. The van der Waals surface area contributed by atoms with Gasteiger partial charge in [-0.1, -0.05) is 12.1 Å². The molecule has 2 heterocycles. The maximum atomic E-state index is 12.6. The van der Waals surface area contributed by atoms with Crippen LogP contribution in [0, 0.1) is 12.8 Å². The van der Waals surface area contributed by atoms with E-state index in [1.807, 2.05) is 28.8 Å². The fourth-order valence-corrected chi connectivity index (χ4v) is 4.20. The molecule has 1 unspecified atom stereocenters. The van der Waals surface area contributed by atoms with E-state index in [4.69, 9.17) is 0 Å². The van der Waals surface area contributed by atoms with Gasteiger partial charge >= 0.3 is 6.03 Å². The van der Waals surface area contributed by atoms with E-state index in [0.717, 1.165) is 41.7 Å². The molecule has 3 rings (SSSR count). The van der Waals surface area contributed by atoms with Crippen molar-refractivity contribution in [3.8, 4) is 0 Å². The molecule has 1 aliphatic heterocycles. The van der Waals surface area contributed by atoms with Crippen molar-refractivity contribution >= 4 is 28.7 Å². The fourth-order valence-electron chi connectivity index (χ4n) is 3.45. The van der Waals surface area contributed by atoms with Crippen LogP contribution in [-0.4, -0.2) is 41.0 Å². The van der Waals surface area contributed by atoms with Gasteiger partial charge in [0.25, 0.3) is 0 Å². The monoisotopic (exact) mass is 343 g/mol. The maximum absolute atomic E-state index is 12.6. The summed E-state index contributed by atoms with van der Waals surface area (Å²) in [5.74, 6) is 1.76. The summed E-state index contributed by atoms with van der Waals surface area (Å²) in [6.07, 6.45) is 6.28. The van der Waals surface area contributed by atoms with Crippen molar-refractivity contribution in [3.05, 3.63) is 41.6 Å². The van der Waals surface area contributed by atoms with Crippen LogP contribution in [0.4, 0.5) is 4.79 Å². The molecule has 1 aliphatic rings. The molecular weight excluding hydrogens is 318 g/mol. The highest BCUT2D eigenvalue weighted by Crippen LogP contribution is 2.22. The van der Waals surface area contributed by atoms with Crippen molar-refractivity contribution in [1.82, 2.24) is 15.2 Å². The number of aromatic nitrogens is 1. The molecule has 2 amide bonds. The normalized spacial score (nSPS) is 17.9. The van der Waals surface area contributed by atoms with Crippen LogP contribution < -0.4 is 5.32 Å². The number of benzene rings is 1. The third-order valence-electron chi connectivity index (χ3n) is 4.76. The summed E-state index contributed by atoms with van der Waals surface area (Å²) in [4.78, 5) is 18.9. The first kappa shape index (κ1) is 17.1. The number of likely N-dealkylation sites (tertiary alicyclic amines) is 1. The maximum Gasteiger partial charge on any atom is 0.317 e. The third-order valence-corrected chi connectivity index (χ3v) is 5.56. The molecule has 4 nitrogen and oxygen atoms in total. The molecule has 5 heteroatoms. The minimum Gasteiger partial charge on any atom is -0.334 e. The number of thioether (sulfide) groups is 1. The summed E-state index contributed by atoms with van der Waals surface area (Å²) in [5, 5.41) is 4.24. The number of nitrogens with zero attached hydrogens (tertiary/aromatic N) is 2. The molecule has 1 fully saturated rings. The summed E-state index contributed by atoms with van der Waals surface area (Å²) in [5.41, 5.74) is 3.33. The first-order valence-electron chi connectivity index (χ1n) is 8.54. The van der Waals surface area contributed by atoms with Crippen molar-refractivity contribution in [2.45, 2.75) is 26.3 Å². The largest absolute Gasteiger partial charge is 0.334 e. The van der Waals surface area contributed by atoms with Gasteiger partial charge in [-0.2, -0.15) is 11.8 Å². The van der Waals surface area contributed by atoms with E-state index in [2.05, 4.69) is 35.6 Å². The average Bonchev–Trinajstić information content (AvgIpc) is 2.61. The van der Waals surface area contributed by atoms with Gasteiger partial charge in [0.2, 0.25) is 0 Å². The number of hydrogen-bond donors (Lipinski definition) is 1. The number of carbonyl (C=O) groups is 1. The quantitative estimate of drug-likeness (QED) is 0.918. The average molecular weight is 343 g/mol. The SMILES string of the molecule is CSCC1CCCN(C(=O)NCc2c(C)ccc3ncccc23)C1. The predicted molar refractivity (Wildman–Crippen MR) is 101 cm³/mol. The van der Waals surface area contributed by atoms with Gasteiger partial charge in [-0.05, 0) is 61.0 Å². The van der Waals surface area contributed by atoms with Crippen molar-refractivity contribution < 1.29 is 4.79 Å². The lowest BCUT2D eigenvalue weighted by atomic mass is 10.0. The van der Waals surface area contributed by atoms with Gasteiger partial charge in [0.05, 0.1) is 5.52 Å². The van der Waals surface area contributed by atoms with Crippen LogP contribution >= 0.6 is 11.8 Å². The van der Waals surface area contributed by atoms with Gasteiger partial charge in [0.15, 0.2) is 0 Å². The molecule has 0 aliphatic carbocycles. The first-order chi connectivity index (χ1) is 11.7. The van der Waals surface area contributed by atoms with Gasteiger partial charge in [0, 0.05) is 31.2 Å². The molecule has 1 aromatic heterocycles. The predicted octanol–water partition coefficient (Wildman–Crippen LogP) is 3.83. The number of piperidine rings is 1. The first-order valence-corrected chi connectivity index (χ1v) is 9.93. The number of fused-ring (bicyclic) bond motifs is 1. The van der Waals surface area contributed by atoms with E-state index in [-0.39, 0.29) is 6.03 Å². The van der Waals surface area contributed by atoms with E-state index in [1.54, 1.807) is 6.20 Å². The lowest BCUT2D eigenvalue weighted by Gasteiger charge is -2.32. The molecule has 1 atom stereocenters. The second-order valence-corrected chi connectivity index (χ2v) is 7.41. The van der Waals surface area contributed by atoms with Crippen LogP contribution in [-0.2, 0) is 6.54 Å². The van der Waals surface area contributed by atoms with Crippen LogP contribution in [0.15, 0.2) is 30.5 Å². The Morgan fingerprint density at radius 2 is 2.29 bits per heavy atom. The Balaban J connectivity index is 1.67. The van der Waals surface area contributed by atoms with Crippen molar-refractivity contribution in [2.24, 2.45) is 5.92 Å². The van der Waals surface area contributed by atoms with E-state index in [9.17, 15) is 4.79 Å². The van der Waals surface area contributed by atoms with Gasteiger partial charge in [-0.25, -0.2) is 4.79 Å². The Morgan fingerprint density at radius 1 is 1.42 bits per heavy atom. The van der Waals surface area contributed by atoms with E-state index >= 15 is 0 Å². The highest BCUT2D eigenvalue weighted by molar-refractivity contribution is 7.98. The van der Waals surface area contributed by atoms with Crippen molar-refractivity contribution in [3.63, 3.8) is 0 Å². The third kappa shape index (κ3) is 3.83. The standard InChI is InChI=1S/C19H25N3OS/c1-14-7-8-18-16(6-3-9-20-18)17(14)11-21-19(23)22-10-4-5-15(12-22)13-24-2/h3,6-9,15H,4-5,10-13H2,1-2H3,(H,21,23). The second-order valence-electron chi connectivity index (χ2n) is 6.50. The molecule has 1 N–H and O–H groups in total. The molecule has 0 bridgehead atoms. The number of urea groups is 1. The molecule has 1 saturated heterocycles. The van der Waals surface area contributed by atoms with E-state index in [0.29, 0.717) is 12.5 Å². The molecule has 0 saturated carbocycles. The lowest BCUT2D eigenvalue weighted by molar-refractivity contribution is 0.170. The Bertz CT molecular complexity index is 717. The summed E-state index contributed by atoms with van der Waals surface area (Å²) in [6, 6.07) is 8.19. The highest BCUT2D eigenvalue weighted by atomic mass is 32.2. The number of amides is 2. The van der Waals surface area contributed by atoms with Gasteiger partial charge in [-0.3, -0.25) is 4.98 Å². The molecule has 1 aromatic carbocycles. The van der Waals surface area contributed by atoms with Crippen LogP contribution in [0.2, 0.25) is 0 Å². The zero-order valence-electron chi connectivity index (χ0n) is 14.4. The van der Waals surface area contributed by atoms with Crippen molar-refractivity contribution in [2.75, 3.05) is 25.1 Å². The smallest absolute Gasteiger partial charge is 0.317 e. The number of carbonyl (C=O) groups excluding carboxylic acids is 1. The summed E-state index contributed by atoms with van der Waals surface area (Å²) in [6.45, 7) is 4.39. The molecule has 0 radical (unpaired) electrons.